The maximum Gasteiger partial charge on any atom is 0.228 e. The molecule has 1 aromatic carbocycles. The van der Waals surface area contributed by atoms with E-state index < -0.39 is 0 Å². The highest BCUT2D eigenvalue weighted by Gasteiger charge is 2.24. The zero-order chi connectivity index (χ0) is 22.7. The first-order chi connectivity index (χ1) is 15.4. The molecule has 2 aliphatic heterocycles. The Bertz CT molecular complexity index is 992. The normalized spacial score (nSPS) is 16.0. The Morgan fingerprint density at radius 2 is 1.69 bits per heavy atom. The molecule has 32 heavy (non-hydrogen) atoms. The van der Waals surface area contributed by atoms with E-state index >= 15 is 0 Å². The van der Waals surface area contributed by atoms with Crippen LogP contribution in [-0.4, -0.2) is 65.1 Å². The van der Waals surface area contributed by atoms with E-state index in [9.17, 15) is 14.4 Å². The van der Waals surface area contributed by atoms with Gasteiger partial charge in [0.1, 0.15) is 5.82 Å². The number of anilines is 3. The molecule has 0 spiro atoms. The van der Waals surface area contributed by atoms with Crippen molar-refractivity contribution in [3.05, 3.63) is 36.0 Å². The number of amides is 3. The number of carbonyl (C=O) groups is 3. The van der Waals surface area contributed by atoms with Crippen LogP contribution in [-0.2, 0) is 20.9 Å². The fourth-order valence-corrected chi connectivity index (χ4v) is 4.27. The molecule has 1 saturated heterocycles. The van der Waals surface area contributed by atoms with Gasteiger partial charge in [0.05, 0.1) is 5.69 Å². The fourth-order valence-electron chi connectivity index (χ4n) is 4.27. The molecule has 0 bridgehead atoms. The molecule has 2 aliphatic rings. The van der Waals surface area contributed by atoms with Crippen molar-refractivity contribution in [3.8, 4) is 0 Å². The van der Waals surface area contributed by atoms with Crippen LogP contribution < -0.4 is 15.1 Å². The minimum atomic E-state index is -0.178. The summed E-state index contributed by atoms with van der Waals surface area (Å²) in [5, 5.41) is 7.29. The monoisotopic (exact) mass is 438 g/mol. The Morgan fingerprint density at radius 1 is 0.969 bits per heavy atom. The first-order valence-corrected chi connectivity index (χ1v) is 11.2. The number of hydrogen-bond donors (Lipinski definition) is 1. The molecule has 2 aromatic rings. The van der Waals surface area contributed by atoms with Crippen LogP contribution in [0.4, 0.5) is 17.2 Å². The molecule has 9 nitrogen and oxygen atoms in total. The number of aryl methyl sites for hydroxylation is 2. The second-order valence-corrected chi connectivity index (χ2v) is 8.35. The van der Waals surface area contributed by atoms with Crippen molar-refractivity contribution in [3.63, 3.8) is 0 Å². The number of hydrogen-bond acceptors (Lipinski definition) is 5. The number of benzene rings is 1. The van der Waals surface area contributed by atoms with Crippen LogP contribution in [0.5, 0.6) is 0 Å². The summed E-state index contributed by atoms with van der Waals surface area (Å²) < 4.78 is 1.86. The van der Waals surface area contributed by atoms with Gasteiger partial charge < -0.3 is 15.1 Å². The molecule has 0 radical (unpaired) electrons. The lowest BCUT2D eigenvalue weighted by Gasteiger charge is -2.35. The Morgan fingerprint density at radius 3 is 2.38 bits per heavy atom. The smallest absolute Gasteiger partial charge is 0.228 e. The number of nitrogens with zero attached hydrogens (tertiary/aromatic N) is 5. The molecule has 1 N–H and O–H groups in total. The standard InChI is InChI=1S/C23H30N6O3/c1-17-16-22-28(10-3-11-29(22)25-17)23(32)9-8-21(31)24-19-4-6-20(7-5-19)27-14-12-26(13-15-27)18(2)30/h4-7,16H,3,8-15H2,1-2H3,(H,24,31). The van der Waals surface area contributed by atoms with Gasteiger partial charge >= 0.3 is 0 Å². The molecule has 4 rings (SSSR count). The summed E-state index contributed by atoms with van der Waals surface area (Å²) in [6, 6.07) is 9.61. The molecule has 0 atom stereocenters. The molecule has 9 heteroatoms. The zero-order valence-electron chi connectivity index (χ0n) is 18.7. The third kappa shape index (κ3) is 4.92. The molecular formula is C23H30N6O3. The number of carbonyl (C=O) groups excluding carboxylic acids is 3. The van der Waals surface area contributed by atoms with Crippen molar-refractivity contribution in [2.24, 2.45) is 0 Å². The summed E-state index contributed by atoms with van der Waals surface area (Å²) in [4.78, 5) is 42.4. The maximum absolute atomic E-state index is 12.7. The quantitative estimate of drug-likeness (QED) is 0.771. The van der Waals surface area contributed by atoms with Gasteiger partial charge in [-0.15, -0.1) is 0 Å². The molecular weight excluding hydrogens is 408 g/mol. The molecule has 3 amide bonds. The van der Waals surface area contributed by atoms with Crippen LogP contribution in [0.15, 0.2) is 30.3 Å². The van der Waals surface area contributed by atoms with Gasteiger partial charge in [-0.1, -0.05) is 0 Å². The summed E-state index contributed by atoms with van der Waals surface area (Å²) in [5.41, 5.74) is 2.67. The van der Waals surface area contributed by atoms with Gasteiger partial charge in [0, 0.05) is 76.5 Å². The number of rotatable bonds is 5. The third-order valence-corrected chi connectivity index (χ3v) is 6.02. The average Bonchev–Trinajstić information content (AvgIpc) is 3.18. The predicted octanol–water partition coefficient (Wildman–Crippen LogP) is 2.02. The van der Waals surface area contributed by atoms with Crippen LogP contribution in [0.3, 0.4) is 0 Å². The summed E-state index contributed by atoms with van der Waals surface area (Å²) in [5.74, 6) is 0.699. The Labute approximate surface area is 188 Å². The highest BCUT2D eigenvalue weighted by molar-refractivity contribution is 5.97. The third-order valence-electron chi connectivity index (χ3n) is 6.02. The summed E-state index contributed by atoms with van der Waals surface area (Å²) in [7, 11) is 0. The summed E-state index contributed by atoms with van der Waals surface area (Å²) in [6.07, 6.45) is 1.16. The molecule has 1 fully saturated rings. The van der Waals surface area contributed by atoms with Crippen molar-refractivity contribution in [1.29, 1.82) is 0 Å². The lowest BCUT2D eigenvalue weighted by molar-refractivity contribution is -0.129. The van der Waals surface area contributed by atoms with E-state index in [1.54, 1.807) is 11.8 Å². The maximum atomic E-state index is 12.7. The SMILES string of the molecule is CC(=O)N1CCN(c2ccc(NC(=O)CCC(=O)N3CCCn4nc(C)cc43)cc2)CC1. The van der Waals surface area contributed by atoms with Gasteiger partial charge in [0.2, 0.25) is 17.7 Å². The van der Waals surface area contributed by atoms with Crippen molar-refractivity contribution in [1.82, 2.24) is 14.7 Å². The molecule has 0 aliphatic carbocycles. The van der Waals surface area contributed by atoms with Crippen LogP contribution in [0, 0.1) is 6.92 Å². The first-order valence-electron chi connectivity index (χ1n) is 11.2. The topological polar surface area (TPSA) is 90.8 Å². The predicted molar refractivity (Wildman–Crippen MR) is 123 cm³/mol. The van der Waals surface area contributed by atoms with Gasteiger partial charge in [0.15, 0.2) is 0 Å². The Hall–Kier alpha value is -3.36. The number of nitrogens with one attached hydrogen (secondary N) is 1. The number of aromatic nitrogens is 2. The highest BCUT2D eigenvalue weighted by atomic mass is 16.2. The second kappa shape index (κ2) is 9.42. The fraction of sp³-hybridized carbons (Fsp3) is 0.478. The van der Waals surface area contributed by atoms with E-state index in [0.717, 1.165) is 56.3 Å². The molecule has 0 saturated carbocycles. The van der Waals surface area contributed by atoms with E-state index in [4.69, 9.17) is 0 Å². The zero-order valence-corrected chi connectivity index (χ0v) is 18.7. The van der Waals surface area contributed by atoms with Crippen LogP contribution in [0.1, 0.15) is 31.9 Å². The van der Waals surface area contributed by atoms with Gasteiger partial charge in [-0.2, -0.15) is 5.10 Å². The number of fused-ring (bicyclic) bond motifs is 1. The van der Waals surface area contributed by atoms with Gasteiger partial charge in [-0.05, 0) is 37.6 Å². The molecule has 170 valence electrons. The Kier molecular flexibility index (Phi) is 6.43. The van der Waals surface area contributed by atoms with E-state index in [-0.39, 0.29) is 30.6 Å². The average molecular weight is 439 g/mol. The van der Waals surface area contributed by atoms with Crippen molar-refractivity contribution in [2.45, 2.75) is 39.7 Å². The summed E-state index contributed by atoms with van der Waals surface area (Å²) in [6.45, 7) is 8.02. The number of piperazine rings is 1. The summed E-state index contributed by atoms with van der Waals surface area (Å²) >= 11 is 0. The first kappa shape index (κ1) is 21.9. The highest BCUT2D eigenvalue weighted by Crippen LogP contribution is 2.23. The largest absolute Gasteiger partial charge is 0.368 e. The second-order valence-electron chi connectivity index (χ2n) is 8.35. The minimum Gasteiger partial charge on any atom is -0.368 e. The van der Waals surface area contributed by atoms with Crippen molar-refractivity contribution < 1.29 is 14.4 Å². The van der Waals surface area contributed by atoms with Crippen LogP contribution >= 0.6 is 0 Å². The van der Waals surface area contributed by atoms with Crippen molar-refractivity contribution in [2.75, 3.05) is 47.8 Å². The Balaban J connectivity index is 1.26. The van der Waals surface area contributed by atoms with Crippen LogP contribution in [0.25, 0.3) is 0 Å². The minimum absolute atomic E-state index is 0.0546. The lowest BCUT2D eigenvalue weighted by Crippen LogP contribution is -2.48. The van der Waals surface area contributed by atoms with Gasteiger partial charge in [0.25, 0.3) is 0 Å². The molecule has 0 unspecified atom stereocenters. The van der Waals surface area contributed by atoms with E-state index in [1.807, 2.05) is 46.8 Å². The van der Waals surface area contributed by atoms with Gasteiger partial charge in [-0.25, -0.2) is 4.68 Å². The molecule has 1 aromatic heterocycles. The van der Waals surface area contributed by atoms with Crippen molar-refractivity contribution >= 4 is 34.9 Å². The van der Waals surface area contributed by atoms with Crippen LogP contribution in [0.2, 0.25) is 0 Å². The van der Waals surface area contributed by atoms with Gasteiger partial charge in [-0.3, -0.25) is 19.3 Å². The van der Waals surface area contributed by atoms with E-state index in [1.165, 1.54) is 0 Å². The molecule has 3 heterocycles. The lowest BCUT2D eigenvalue weighted by atomic mass is 10.2. The van der Waals surface area contributed by atoms with E-state index in [0.29, 0.717) is 12.2 Å². The van der Waals surface area contributed by atoms with E-state index in [2.05, 4.69) is 15.3 Å².